The lowest BCUT2D eigenvalue weighted by atomic mass is 10.1. The van der Waals surface area contributed by atoms with E-state index in [1.807, 2.05) is 60.7 Å². The zero-order valence-electron chi connectivity index (χ0n) is 12.5. The summed E-state index contributed by atoms with van der Waals surface area (Å²) >= 11 is 0. The Hall–Kier alpha value is -3.08. The summed E-state index contributed by atoms with van der Waals surface area (Å²) in [7, 11) is 0. The van der Waals surface area contributed by atoms with Crippen molar-refractivity contribution < 1.29 is 9.53 Å². The highest BCUT2D eigenvalue weighted by Crippen LogP contribution is 2.19. The van der Waals surface area contributed by atoms with Gasteiger partial charge >= 0.3 is 5.97 Å². The summed E-state index contributed by atoms with van der Waals surface area (Å²) in [5.41, 5.74) is 7.74. The van der Waals surface area contributed by atoms with Crippen LogP contribution in [0.5, 0.6) is 0 Å². The van der Waals surface area contributed by atoms with Gasteiger partial charge in [-0.25, -0.2) is 5.01 Å². The van der Waals surface area contributed by atoms with Crippen LogP contribution < -0.4 is 10.7 Å². The van der Waals surface area contributed by atoms with Crippen LogP contribution in [0.4, 0.5) is 5.69 Å². The van der Waals surface area contributed by atoms with Gasteiger partial charge in [-0.3, -0.25) is 4.79 Å². The van der Waals surface area contributed by atoms with Crippen LogP contribution in [0.2, 0.25) is 0 Å². The number of anilines is 1. The molecule has 0 saturated carbocycles. The Bertz CT molecular complexity index is 726. The molecule has 1 heterocycles. The van der Waals surface area contributed by atoms with Gasteiger partial charge in [0.05, 0.1) is 5.69 Å². The number of carbonyl (C=O) groups excluding carboxylic acids is 1. The lowest BCUT2D eigenvalue weighted by Gasteiger charge is -2.22. The summed E-state index contributed by atoms with van der Waals surface area (Å²) in [6.45, 7) is 0.222. The van der Waals surface area contributed by atoms with Crippen LogP contribution in [0, 0.1) is 5.92 Å². The fourth-order valence-electron chi connectivity index (χ4n) is 2.23. The van der Waals surface area contributed by atoms with Crippen molar-refractivity contribution in [3.63, 3.8) is 0 Å². The van der Waals surface area contributed by atoms with Crippen molar-refractivity contribution in [1.82, 2.24) is 0 Å². The van der Waals surface area contributed by atoms with Crippen LogP contribution >= 0.6 is 0 Å². The van der Waals surface area contributed by atoms with E-state index in [4.69, 9.17) is 10.5 Å². The van der Waals surface area contributed by atoms with Crippen LogP contribution in [0.25, 0.3) is 0 Å². The number of ether oxygens (including phenoxy) is 1. The van der Waals surface area contributed by atoms with Gasteiger partial charge in [-0.2, -0.15) is 5.10 Å². The third-order valence-corrected chi connectivity index (χ3v) is 3.46. The SMILES string of the molecule is NC1=NN(c2ccccc2)C=CC1C(=O)OCc1ccccc1. The predicted molar refractivity (Wildman–Crippen MR) is 89.4 cm³/mol. The number of carbonyl (C=O) groups is 1. The van der Waals surface area contributed by atoms with Crippen molar-refractivity contribution in [3.8, 4) is 0 Å². The Labute approximate surface area is 134 Å². The number of benzene rings is 2. The Kier molecular flexibility index (Phi) is 4.38. The summed E-state index contributed by atoms with van der Waals surface area (Å²) in [5.74, 6) is -0.841. The van der Waals surface area contributed by atoms with E-state index in [2.05, 4.69) is 5.10 Å². The number of para-hydroxylation sites is 1. The Morgan fingerprint density at radius 2 is 1.74 bits per heavy atom. The lowest BCUT2D eigenvalue weighted by molar-refractivity contribution is -0.146. The smallest absolute Gasteiger partial charge is 0.320 e. The van der Waals surface area contributed by atoms with Gasteiger partial charge < -0.3 is 10.5 Å². The molecule has 5 nitrogen and oxygen atoms in total. The highest BCUT2D eigenvalue weighted by Gasteiger charge is 2.25. The second-order valence-electron chi connectivity index (χ2n) is 5.12. The Balaban J connectivity index is 1.63. The minimum Gasteiger partial charge on any atom is -0.460 e. The van der Waals surface area contributed by atoms with Crippen LogP contribution in [0.3, 0.4) is 0 Å². The molecule has 2 aromatic carbocycles. The monoisotopic (exact) mass is 307 g/mol. The van der Waals surface area contributed by atoms with E-state index in [9.17, 15) is 4.79 Å². The zero-order chi connectivity index (χ0) is 16.1. The molecule has 116 valence electrons. The molecule has 1 atom stereocenters. The van der Waals surface area contributed by atoms with Crippen molar-refractivity contribution in [2.24, 2.45) is 16.8 Å². The van der Waals surface area contributed by atoms with Crippen LogP contribution in [0.15, 0.2) is 78.0 Å². The Morgan fingerprint density at radius 1 is 1.09 bits per heavy atom. The first-order valence-corrected chi connectivity index (χ1v) is 7.31. The first-order valence-electron chi connectivity index (χ1n) is 7.31. The van der Waals surface area contributed by atoms with E-state index in [0.717, 1.165) is 11.3 Å². The van der Waals surface area contributed by atoms with Gasteiger partial charge in [0, 0.05) is 6.20 Å². The van der Waals surface area contributed by atoms with E-state index >= 15 is 0 Å². The van der Waals surface area contributed by atoms with Gasteiger partial charge in [0.1, 0.15) is 18.4 Å². The number of hydrogen-bond acceptors (Lipinski definition) is 5. The number of rotatable bonds is 4. The average Bonchev–Trinajstić information content (AvgIpc) is 2.61. The van der Waals surface area contributed by atoms with Gasteiger partial charge in [-0.1, -0.05) is 48.5 Å². The summed E-state index contributed by atoms with van der Waals surface area (Å²) in [5, 5.41) is 5.89. The van der Waals surface area contributed by atoms with E-state index in [-0.39, 0.29) is 12.4 Å². The topological polar surface area (TPSA) is 67.9 Å². The largest absolute Gasteiger partial charge is 0.460 e. The second-order valence-corrected chi connectivity index (χ2v) is 5.12. The number of hydrogen-bond donors (Lipinski definition) is 1. The summed E-state index contributed by atoms with van der Waals surface area (Å²) in [6, 6.07) is 19.1. The molecule has 0 aromatic heterocycles. The molecule has 1 unspecified atom stereocenters. The third kappa shape index (κ3) is 3.58. The first kappa shape index (κ1) is 14.8. The minimum atomic E-state index is -0.654. The molecular weight excluding hydrogens is 290 g/mol. The zero-order valence-corrected chi connectivity index (χ0v) is 12.5. The Morgan fingerprint density at radius 3 is 2.39 bits per heavy atom. The molecule has 1 aliphatic rings. The lowest BCUT2D eigenvalue weighted by Crippen LogP contribution is -2.35. The van der Waals surface area contributed by atoms with Crippen molar-refractivity contribution in [1.29, 1.82) is 0 Å². The van der Waals surface area contributed by atoms with Gasteiger partial charge in [-0.05, 0) is 23.8 Å². The standard InChI is InChI=1S/C18H17N3O2/c19-17-16(18(22)23-13-14-7-3-1-4-8-14)11-12-21(20-17)15-9-5-2-6-10-15/h1-12,16H,13H2,(H2,19,20). The molecule has 2 N–H and O–H groups in total. The molecule has 0 saturated heterocycles. The maximum Gasteiger partial charge on any atom is 0.320 e. The number of esters is 1. The van der Waals surface area contributed by atoms with Crippen molar-refractivity contribution >= 4 is 17.5 Å². The van der Waals surface area contributed by atoms with Crippen molar-refractivity contribution in [2.75, 3.05) is 5.01 Å². The van der Waals surface area contributed by atoms with Crippen LogP contribution in [0.1, 0.15) is 5.56 Å². The molecule has 0 radical (unpaired) electrons. The van der Waals surface area contributed by atoms with Crippen LogP contribution in [-0.4, -0.2) is 11.8 Å². The van der Waals surface area contributed by atoms with E-state index in [0.29, 0.717) is 0 Å². The first-order chi connectivity index (χ1) is 11.2. The molecule has 5 heteroatoms. The summed E-state index contributed by atoms with van der Waals surface area (Å²) < 4.78 is 5.31. The van der Waals surface area contributed by atoms with Crippen molar-refractivity contribution in [2.45, 2.75) is 6.61 Å². The fraction of sp³-hybridized carbons (Fsp3) is 0.111. The summed E-state index contributed by atoms with van der Waals surface area (Å²) in [6.07, 6.45) is 3.42. The van der Waals surface area contributed by atoms with Gasteiger partial charge in [0.2, 0.25) is 0 Å². The molecule has 1 aliphatic heterocycles. The quantitative estimate of drug-likeness (QED) is 0.882. The molecule has 0 fully saturated rings. The highest BCUT2D eigenvalue weighted by molar-refractivity contribution is 6.03. The molecule has 0 bridgehead atoms. The third-order valence-electron chi connectivity index (χ3n) is 3.46. The molecule has 3 rings (SSSR count). The van der Waals surface area contributed by atoms with Crippen molar-refractivity contribution in [3.05, 3.63) is 78.5 Å². The maximum atomic E-state index is 12.2. The van der Waals surface area contributed by atoms with Gasteiger partial charge in [-0.15, -0.1) is 0 Å². The van der Waals surface area contributed by atoms with E-state index < -0.39 is 11.9 Å². The van der Waals surface area contributed by atoms with E-state index in [1.54, 1.807) is 17.3 Å². The van der Waals surface area contributed by atoms with Crippen LogP contribution in [-0.2, 0) is 16.1 Å². The molecule has 0 spiro atoms. The highest BCUT2D eigenvalue weighted by atomic mass is 16.5. The molecule has 0 amide bonds. The molecular formula is C18H17N3O2. The average molecular weight is 307 g/mol. The summed E-state index contributed by atoms with van der Waals surface area (Å²) in [4.78, 5) is 12.2. The molecule has 0 aliphatic carbocycles. The number of hydrazone groups is 1. The van der Waals surface area contributed by atoms with E-state index in [1.165, 1.54) is 0 Å². The maximum absolute atomic E-state index is 12.2. The normalized spacial score (nSPS) is 16.8. The predicted octanol–water partition coefficient (Wildman–Crippen LogP) is 2.65. The minimum absolute atomic E-state index is 0.217. The van der Waals surface area contributed by atoms with Gasteiger partial charge in [0.25, 0.3) is 0 Å². The number of nitrogens with zero attached hydrogens (tertiary/aromatic N) is 2. The fourth-order valence-corrected chi connectivity index (χ4v) is 2.23. The molecule has 2 aromatic rings. The van der Waals surface area contributed by atoms with Gasteiger partial charge in [0.15, 0.2) is 0 Å². The number of nitrogens with two attached hydrogens (primary N) is 1. The second kappa shape index (κ2) is 6.79. The number of amidine groups is 1. The molecule has 23 heavy (non-hydrogen) atoms.